The second-order valence-electron chi connectivity index (χ2n) is 13.2. The first-order valence-corrected chi connectivity index (χ1v) is 13.6. The number of rotatable bonds is 6. The summed E-state index contributed by atoms with van der Waals surface area (Å²) in [5.74, 6) is -1.06. The van der Waals surface area contributed by atoms with Gasteiger partial charge in [-0.05, 0) is 80.0 Å². The van der Waals surface area contributed by atoms with E-state index in [9.17, 15) is 35.7 Å². The lowest BCUT2D eigenvalue weighted by molar-refractivity contribution is -0.331. The van der Waals surface area contributed by atoms with Gasteiger partial charge >= 0.3 is 0 Å². The molecule has 4 rings (SSSR count). The summed E-state index contributed by atoms with van der Waals surface area (Å²) in [6.07, 6.45) is 0.0308. The minimum Gasteiger partial charge on any atom is -0.396 e. The highest BCUT2D eigenvalue weighted by atomic mass is 16.4. The van der Waals surface area contributed by atoms with E-state index in [1.54, 1.807) is 0 Å². The number of hydrogen-bond donors (Lipinski definition) is 7. The molecule has 0 aliphatic heterocycles. The van der Waals surface area contributed by atoms with Gasteiger partial charge in [0.05, 0.1) is 18.3 Å². The molecule has 0 amide bonds. The third-order valence-electron chi connectivity index (χ3n) is 11.6. The average Bonchev–Trinajstić information content (AvgIpc) is 2.96. The van der Waals surface area contributed by atoms with Crippen molar-refractivity contribution in [3.63, 3.8) is 0 Å². The van der Waals surface area contributed by atoms with Crippen molar-refractivity contribution >= 4 is 0 Å². The van der Waals surface area contributed by atoms with E-state index in [1.807, 2.05) is 20.8 Å². The van der Waals surface area contributed by atoms with Crippen LogP contribution in [-0.4, -0.2) is 78.0 Å². The Bertz CT molecular complexity index is 819. The Morgan fingerprint density at radius 1 is 1.03 bits per heavy atom. The molecule has 35 heavy (non-hydrogen) atoms. The molecule has 4 saturated carbocycles. The van der Waals surface area contributed by atoms with Crippen molar-refractivity contribution < 1.29 is 35.7 Å². The maximum atomic E-state index is 12.4. The Kier molecular flexibility index (Phi) is 7.10. The second-order valence-corrected chi connectivity index (χ2v) is 13.2. The van der Waals surface area contributed by atoms with Crippen molar-refractivity contribution in [3.8, 4) is 0 Å². The van der Waals surface area contributed by atoms with Crippen LogP contribution in [0.3, 0.4) is 0 Å². The van der Waals surface area contributed by atoms with Gasteiger partial charge in [-0.25, -0.2) is 0 Å². The maximum Gasteiger partial charge on any atom is 0.128 e. The molecule has 0 bridgehead atoms. The number of aliphatic hydroxyl groups is 7. The lowest BCUT2D eigenvalue weighted by atomic mass is 9.40. The van der Waals surface area contributed by atoms with Crippen LogP contribution in [0.1, 0.15) is 79.1 Å². The summed E-state index contributed by atoms with van der Waals surface area (Å²) in [5, 5.41) is 78.4. The monoisotopic (exact) mass is 496 g/mol. The fourth-order valence-corrected chi connectivity index (χ4v) is 9.41. The van der Waals surface area contributed by atoms with Crippen molar-refractivity contribution in [2.24, 2.45) is 40.4 Å². The van der Waals surface area contributed by atoms with Crippen molar-refractivity contribution in [1.29, 1.82) is 0 Å². The Labute approximate surface area is 209 Å². The van der Waals surface area contributed by atoms with Gasteiger partial charge in [0.15, 0.2) is 0 Å². The molecule has 0 heterocycles. The third-order valence-corrected chi connectivity index (χ3v) is 11.6. The van der Waals surface area contributed by atoms with Crippen molar-refractivity contribution in [2.45, 2.75) is 115 Å². The molecule has 2 unspecified atom stereocenters. The van der Waals surface area contributed by atoms with Crippen LogP contribution >= 0.6 is 0 Å². The zero-order valence-electron chi connectivity index (χ0n) is 21.9. The first kappa shape index (κ1) is 27.5. The summed E-state index contributed by atoms with van der Waals surface area (Å²) in [4.78, 5) is 0. The summed E-state index contributed by atoms with van der Waals surface area (Å²) >= 11 is 0. The van der Waals surface area contributed by atoms with Crippen molar-refractivity contribution in [2.75, 3.05) is 6.61 Å². The molecule has 0 aromatic heterocycles. The summed E-state index contributed by atoms with van der Waals surface area (Å²) in [5.41, 5.74) is -4.21. The van der Waals surface area contributed by atoms with Gasteiger partial charge in [-0.15, -0.1) is 0 Å². The summed E-state index contributed by atoms with van der Waals surface area (Å²) in [6, 6.07) is 0. The van der Waals surface area contributed by atoms with Gasteiger partial charge in [-0.2, -0.15) is 0 Å². The van der Waals surface area contributed by atoms with E-state index < -0.39 is 52.4 Å². The van der Waals surface area contributed by atoms with Gasteiger partial charge in [0.2, 0.25) is 0 Å². The number of aliphatic hydroxyl groups excluding tert-OH is 5. The predicted octanol–water partition coefficient (Wildman–Crippen LogP) is 1.75. The van der Waals surface area contributed by atoms with Crippen LogP contribution in [0, 0.1) is 40.4 Å². The molecule has 0 aromatic rings. The van der Waals surface area contributed by atoms with E-state index in [4.69, 9.17) is 0 Å². The van der Waals surface area contributed by atoms with Gasteiger partial charge in [0, 0.05) is 18.4 Å². The van der Waals surface area contributed by atoms with E-state index in [0.717, 1.165) is 5.57 Å². The third kappa shape index (κ3) is 3.63. The molecule has 0 radical (unpaired) electrons. The smallest absolute Gasteiger partial charge is 0.128 e. The quantitative estimate of drug-likeness (QED) is 0.278. The predicted molar refractivity (Wildman–Crippen MR) is 132 cm³/mol. The molecular formula is C28H48O7. The Morgan fingerprint density at radius 2 is 1.69 bits per heavy atom. The average molecular weight is 497 g/mol. The highest BCUT2D eigenvalue weighted by Crippen LogP contribution is 2.71. The van der Waals surface area contributed by atoms with Crippen LogP contribution in [0.25, 0.3) is 0 Å². The lowest BCUT2D eigenvalue weighted by Crippen LogP contribution is -2.77. The summed E-state index contributed by atoms with van der Waals surface area (Å²) < 4.78 is 0. The van der Waals surface area contributed by atoms with E-state index >= 15 is 0 Å². The Balaban J connectivity index is 1.68. The van der Waals surface area contributed by atoms with E-state index in [0.29, 0.717) is 44.9 Å². The highest BCUT2D eigenvalue weighted by Gasteiger charge is 2.80. The van der Waals surface area contributed by atoms with Crippen molar-refractivity contribution in [1.82, 2.24) is 0 Å². The highest BCUT2D eigenvalue weighted by molar-refractivity contribution is 5.30. The standard InChI is InChI=1S/C28H48O7/c1-15(17(3)14-29)6-7-16(2)22-23(32)24(33)28(35)26(22,5)11-9-21-25(4)10-8-18(30)12-19(25)20(31)13-27(21,28)34/h16-24,29-35H,1,6-14H2,2-5H3/t16-,17-,18+,19?,20+,21?,22+,23-,24-,25+,26-,27+,28+/m1/s1. The number of fused-ring (bicyclic) bond motifs is 5. The Morgan fingerprint density at radius 3 is 2.31 bits per heavy atom. The van der Waals surface area contributed by atoms with Gasteiger partial charge in [0.25, 0.3) is 0 Å². The molecule has 0 spiro atoms. The van der Waals surface area contributed by atoms with Crippen LogP contribution in [0.4, 0.5) is 0 Å². The van der Waals surface area contributed by atoms with Crippen LogP contribution in [-0.2, 0) is 0 Å². The van der Waals surface area contributed by atoms with Crippen LogP contribution < -0.4 is 0 Å². The molecular weight excluding hydrogens is 448 g/mol. The largest absolute Gasteiger partial charge is 0.396 e. The van der Waals surface area contributed by atoms with Gasteiger partial charge < -0.3 is 35.7 Å². The first-order valence-electron chi connectivity index (χ1n) is 13.6. The van der Waals surface area contributed by atoms with Crippen molar-refractivity contribution in [3.05, 3.63) is 12.2 Å². The molecule has 0 aromatic carbocycles. The Hall–Kier alpha value is -0.540. The summed E-state index contributed by atoms with van der Waals surface area (Å²) in [7, 11) is 0. The summed E-state index contributed by atoms with van der Waals surface area (Å²) in [6.45, 7) is 12.0. The van der Waals surface area contributed by atoms with E-state index in [-0.39, 0.29) is 36.7 Å². The molecule has 202 valence electrons. The SMILES string of the molecule is C=C(CC[C@@H](C)[C@H]1[C@@H](O)[C@@H](O)[C@@]2(O)[C@]3(O)C[C@H](O)C4C[C@@H](O)CC[C@]4(C)C3CC[C@]12C)[C@H](C)CO. The fraction of sp³-hybridized carbons (Fsp3) is 0.929. The van der Waals surface area contributed by atoms with Gasteiger partial charge in [-0.1, -0.05) is 39.8 Å². The minimum atomic E-state index is -1.97. The molecule has 7 N–H and O–H groups in total. The minimum absolute atomic E-state index is 0.0172. The first-order chi connectivity index (χ1) is 16.2. The normalized spacial score (nSPS) is 53.3. The van der Waals surface area contributed by atoms with Gasteiger partial charge in [0.1, 0.15) is 17.3 Å². The van der Waals surface area contributed by atoms with E-state index in [2.05, 4.69) is 13.5 Å². The molecule has 0 saturated heterocycles. The molecule has 13 atom stereocenters. The molecule has 4 fully saturated rings. The lowest BCUT2D eigenvalue weighted by Gasteiger charge is -2.68. The second kappa shape index (κ2) is 9.04. The molecule has 4 aliphatic carbocycles. The molecule has 4 aliphatic rings. The van der Waals surface area contributed by atoms with Gasteiger partial charge in [-0.3, -0.25) is 0 Å². The zero-order valence-corrected chi connectivity index (χ0v) is 21.9. The van der Waals surface area contributed by atoms with E-state index in [1.165, 1.54) is 0 Å². The van der Waals surface area contributed by atoms with Crippen LogP contribution in [0.2, 0.25) is 0 Å². The molecule has 7 nitrogen and oxygen atoms in total. The maximum absolute atomic E-state index is 12.4. The molecule has 7 heteroatoms. The van der Waals surface area contributed by atoms with Crippen LogP contribution in [0.15, 0.2) is 12.2 Å². The topological polar surface area (TPSA) is 142 Å². The zero-order chi connectivity index (χ0) is 26.1. The van der Waals surface area contributed by atoms with Crippen LogP contribution in [0.5, 0.6) is 0 Å². The number of hydrogen-bond acceptors (Lipinski definition) is 7. The fourth-order valence-electron chi connectivity index (χ4n) is 9.41.